The van der Waals surface area contributed by atoms with Crippen LogP contribution in [0.5, 0.6) is 11.5 Å². The van der Waals surface area contributed by atoms with E-state index >= 15 is 0 Å². The first-order chi connectivity index (χ1) is 15.4. The van der Waals surface area contributed by atoms with Crippen molar-refractivity contribution in [2.75, 3.05) is 7.11 Å². The number of rotatable bonds is 7. The van der Waals surface area contributed by atoms with Crippen LogP contribution in [0.2, 0.25) is 0 Å². The lowest BCUT2D eigenvalue weighted by atomic mass is 9.73. The summed E-state index contributed by atoms with van der Waals surface area (Å²) in [5, 5.41) is 3.75. The summed E-state index contributed by atoms with van der Waals surface area (Å²) < 4.78 is 11.9. The Labute approximate surface area is 192 Å². The van der Waals surface area contributed by atoms with Crippen molar-refractivity contribution in [2.45, 2.75) is 50.8 Å². The molecule has 0 saturated heterocycles. The molecule has 1 N–H and O–H groups in total. The Morgan fingerprint density at radius 1 is 0.875 bits per heavy atom. The van der Waals surface area contributed by atoms with Crippen molar-refractivity contribution >= 4 is 0 Å². The van der Waals surface area contributed by atoms with Gasteiger partial charge in [0.05, 0.1) is 7.11 Å². The van der Waals surface area contributed by atoms with Crippen molar-refractivity contribution < 1.29 is 9.47 Å². The monoisotopic (exact) mass is 427 g/mol. The van der Waals surface area contributed by atoms with Crippen molar-refractivity contribution in [2.24, 2.45) is 0 Å². The summed E-state index contributed by atoms with van der Waals surface area (Å²) in [6.45, 7) is 7.15. The quantitative estimate of drug-likeness (QED) is 0.450. The average Bonchev–Trinajstić information content (AvgIpc) is 3.22. The number of nitrogens with one attached hydrogen (secondary N) is 1. The molecule has 166 valence electrons. The molecule has 0 heterocycles. The molecule has 0 radical (unpaired) electrons. The topological polar surface area (TPSA) is 30.5 Å². The van der Waals surface area contributed by atoms with Gasteiger partial charge in [0.1, 0.15) is 6.61 Å². The number of ether oxygens (including phenoxy) is 2. The van der Waals surface area contributed by atoms with Gasteiger partial charge in [-0.05, 0) is 56.0 Å². The fourth-order valence-electron chi connectivity index (χ4n) is 4.55. The second-order valence-corrected chi connectivity index (χ2v) is 9.54. The lowest BCUT2D eigenvalue weighted by Crippen LogP contribution is -2.43. The molecule has 0 amide bonds. The van der Waals surface area contributed by atoms with Crippen LogP contribution in [0.15, 0.2) is 91.0 Å². The van der Waals surface area contributed by atoms with Gasteiger partial charge in [-0.3, -0.25) is 0 Å². The highest BCUT2D eigenvalue weighted by Gasteiger charge is 2.39. The SMILES string of the molecule is COc1cc([C@]2(c3ccccc3)C=C[C@@H](NC(C)(C)C)C2)ccc1OCc1ccccc1. The number of methoxy groups -OCH3 is 1. The predicted molar refractivity (Wildman–Crippen MR) is 131 cm³/mol. The molecule has 0 bridgehead atoms. The van der Waals surface area contributed by atoms with E-state index in [1.54, 1.807) is 7.11 Å². The fraction of sp³-hybridized carbons (Fsp3) is 0.310. The third-order valence-corrected chi connectivity index (χ3v) is 5.98. The molecule has 0 aliphatic heterocycles. The molecule has 0 spiro atoms. The maximum Gasteiger partial charge on any atom is 0.161 e. The molecule has 3 nitrogen and oxygen atoms in total. The van der Waals surface area contributed by atoms with Gasteiger partial charge in [-0.1, -0.05) is 78.9 Å². The van der Waals surface area contributed by atoms with Crippen molar-refractivity contribution in [3.8, 4) is 11.5 Å². The zero-order chi connectivity index (χ0) is 22.6. The second-order valence-electron chi connectivity index (χ2n) is 9.54. The maximum absolute atomic E-state index is 6.10. The minimum atomic E-state index is -0.213. The number of benzene rings is 3. The van der Waals surface area contributed by atoms with E-state index in [9.17, 15) is 0 Å². The van der Waals surface area contributed by atoms with Gasteiger partial charge >= 0.3 is 0 Å². The molecule has 0 fully saturated rings. The summed E-state index contributed by atoms with van der Waals surface area (Å²) in [7, 11) is 1.71. The van der Waals surface area contributed by atoms with Crippen LogP contribution in [0.4, 0.5) is 0 Å². The molecule has 4 rings (SSSR count). The average molecular weight is 428 g/mol. The number of hydrogen-bond donors (Lipinski definition) is 1. The van der Waals surface area contributed by atoms with Crippen molar-refractivity contribution in [1.29, 1.82) is 0 Å². The largest absolute Gasteiger partial charge is 0.493 e. The zero-order valence-electron chi connectivity index (χ0n) is 19.5. The van der Waals surface area contributed by atoms with Crippen LogP contribution >= 0.6 is 0 Å². The molecule has 0 unspecified atom stereocenters. The third kappa shape index (κ3) is 4.89. The van der Waals surface area contributed by atoms with Gasteiger partial charge in [-0.25, -0.2) is 0 Å². The van der Waals surface area contributed by atoms with Crippen molar-refractivity contribution in [1.82, 2.24) is 5.32 Å². The number of allylic oxidation sites excluding steroid dienone is 1. The minimum absolute atomic E-state index is 0.0502. The van der Waals surface area contributed by atoms with Crippen LogP contribution in [-0.2, 0) is 12.0 Å². The molecule has 32 heavy (non-hydrogen) atoms. The van der Waals surface area contributed by atoms with E-state index in [0.717, 1.165) is 23.5 Å². The van der Waals surface area contributed by atoms with Crippen LogP contribution in [0.25, 0.3) is 0 Å². The highest BCUT2D eigenvalue weighted by atomic mass is 16.5. The summed E-state index contributed by atoms with van der Waals surface area (Å²) in [6.07, 6.45) is 5.62. The minimum Gasteiger partial charge on any atom is -0.493 e. The van der Waals surface area contributed by atoms with Gasteiger partial charge in [0.25, 0.3) is 0 Å². The first-order valence-electron chi connectivity index (χ1n) is 11.3. The van der Waals surface area contributed by atoms with E-state index in [0.29, 0.717) is 12.6 Å². The second kappa shape index (κ2) is 9.22. The molecule has 1 aliphatic rings. The summed E-state index contributed by atoms with van der Waals surface area (Å²) >= 11 is 0. The number of hydrogen-bond acceptors (Lipinski definition) is 3. The smallest absolute Gasteiger partial charge is 0.161 e. The lowest BCUT2D eigenvalue weighted by Gasteiger charge is -2.33. The van der Waals surface area contributed by atoms with Gasteiger partial charge in [-0.2, -0.15) is 0 Å². The van der Waals surface area contributed by atoms with Gasteiger partial charge in [-0.15, -0.1) is 0 Å². The Morgan fingerprint density at radius 2 is 1.56 bits per heavy atom. The van der Waals surface area contributed by atoms with E-state index in [-0.39, 0.29) is 11.0 Å². The van der Waals surface area contributed by atoms with Crippen LogP contribution in [0, 0.1) is 0 Å². The van der Waals surface area contributed by atoms with E-state index in [4.69, 9.17) is 9.47 Å². The third-order valence-electron chi connectivity index (χ3n) is 5.98. The van der Waals surface area contributed by atoms with E-state index in [1.807, 2.05) is 24.3 Å². The summed E-state index contributed by atoms with van der Waals surface area (Å²) in [5.41, 5.74) is 3.47. The summed E-state index contributed by atoms with van der Waals surface area (Å²) in [6, 6.07) is 27.6. The Kier molecular flexibility index (Phi) is 6.38. The Bertz CT molecular complexity index is 1050. The van der Waals surface area contributed by atoms with E-state index in [1.165, 1.54) is 11.1 Å². The van der Waals surface area contributed by atoms with Crippen LogP contribution < -0.4 is 14.8 Å². The van der Waals surface area contributed by atoms with Crippen LogP contribution in [-0.4, -0.2) is 18.7 Å². The van der Waals surface area contributed by atoms with Gasteiger partial charge < -0.3 is 14.8 Å². The Hall–Kier alpha value is -3.04. The van der Waals surface area contributed by atoms with Crippen molar-refractivity contribution in [3.05, 3.63) is 108 Å². The molecule has 0 saturated carbocycles. The lowest BCUT2D eigenvalue weighted by molar-refractivity contribution is 0.284. The van der Waals surface area contributed by atoms with Gasteiger partial charge in [0.2, 0.25) is 0 Å². The first-order valence-corrected chi connectivity index (χ1v) is 11.3. The molecular formula is C29H33NO2. The molecule has 3 aromatic carbocycles. The summed E-state index contributed by atoms with van der Waals surface area (Å²) in [4.78, 5) is 0. The Balaban J connectivity index is 1.65. The highest BCUT2D eigenvalue weighted by Crippen LogP contribution is 2.45. The van der Waals surface area contributed by atoms with Gasteiger partial charge in [0, 0.05) is 17.0 Å². The van der Waals surface area contributed by atoms with Crippen LogP contribution in [0.3, 0.4) is 0 Å². The standard InChI is InChI=1S/C29H33NO2/c1-28(2,3)30-25-17-18-29(20-25,23-13-9-6-10-14-23)24-15-16-26(27(19-24)31-4)32-21-22-11-7-5-8-12-22/h5-19,25,30H,20-21H2,1-4H3/t25-,29-/m1/s1. The predicted octanol–water partition coefficient (Wildman–Crippen LogP) is 6.28. The zero-order valence-corrected chi connectivity index (χ0v) is 19.5. The molecule has 2 atom stereocenters. The fourth-order valence-corrected chi connectivity index (χ4v) is 4.55. The first kappa shape index (κ1) is 22.2. The molecule has 3 aromatic rings. The Morgan fingerprint density at radius 3 is 2.22 bits per heavy atom. The van der Waals surface area contributed by atoms with E-state index < -0.39 is 0 Å². The highest BCUT2D eigenvalue weighted by molar-refractivity contribution is 5.53. The molecule has 1 aliphatic carbocycles. The van der Waals surface area contributed by atoms with E-state index in [2.05, 4.69) is 92.8 Å². The van der Waals surface area contributed by atoms with Crippen LogP contribution in [0.1, 0.15) is 43.9 Å². The summed E-state index contributed by atoms with van der Waals surface area (Å²) in [5.74, 6) is 1.52. The van der Waals surface area contributed by atoms with Crippen molar-refractivity contribution in [3.63, 3.8) is 0 Å². The molecule has 3 heteroatoms. The normalized spacial score (nSPS) is 20.3. The molecule has 0 aromatic heterocycles. The molecular weight excluding hydrogens is 394 g/mol. The van der Waals surface area contributed by atoms with Gasteiger partial charge in [0.15, 0.2) is 11.5 Å². The maximum atomic E-state index is 6.10.